The van der Waals surface area contributed by atoms with E-state index in [2.05, 4.69) is 32.9 Å². The van der Waals surface area contributed by atoms with E-state index >= 15 is 4.39 Å². The third kappa shape index (κ3) is 3.49. The van der Waals surface area contributed by atoms with E-state index in [0.29, 0.717) is 30.1 Å². The van der Waals surface area contributed by atoms with Crippen LogP contribution in [0.1, 0.15) is 79.1 Å². The molecule has 4 rings (SSSR count). The molecule has 0 unspecified atom stereocenters. The van der Waals surface area contributed by atoms with Crippen molar-refractivity contribution in [1.82, 2.24) is 0 Å². The largest absolute Gasteiger partial charge is 0.501 e. The van der Waals surface area contributed by atoms with Gasteiger partial charge in [0, 0.05) is 6.42 Å². The molecule has 0 heterocycles. The first-order chi connectivity index (χ1) is 14.8. The fourth-order valence-corrected chi connectivity index (χ4v) is 7.72. The van der Waals surface area contributed by atoms with Crippen LogP contribution in [0.5, 0.6) is 0 Å². The molecule has 31 heavy (non-hydrogen) atoms. The number of allylic oxidation sites excluding steroid dienone is 5. The lowest BCUT2D eigenvalue weighted by atomic mass is 9.46. The summed E-state index contributed by atoms with van der Waals surface area (Å²) >= 11 is 0. The number of methoxy groups -OCH3 is 1. The van der Waals surface area contributed by atoms with Crippen molar-refractivity contribution in [2.75, 3.05) is 13.7 Å². The van der Waals surface area contributed by atoms with Crippen molar-refractivity contribution in [1.29, 1.82) is 0 Å². The SMILES string of the molecule is CCC[C@H]1C=C2C=C(OC)CC[C@]2(C)[C@H]2CC[C@]3(C)C(=C(F)C(=O)OCC)CC[C@H]3[C@H]12. The fourth-order valence-electron chi connectivity index (χ4n) is 7.72. The molecule has 0 aliphatic heterocycles. The number of hydrogen-bond acceptors (Lipinski definition) is 3. The van der Waals surface area contributed by atoms with Gasteiger partial charge in [-0.3, -0.25) is 0 Å². The minimum atomic E-state index is -0.770. The standard InChI is InChI=1S/C27H39FO3/c1-6-8-17-15-18-16-19(30-5)11-13-26(18,3)21-12-14-27(4)20(23(17)21)9-10-22(27)24(28)25(29)31-7-2/h15-17,20-21,23H,6-14H2,1-5H3/t17-,20-,21-,23-,26-,27-/m0/s1. The Morgan fingerprint density at radius 1 is 1.13 bits per heavy atom. The number of ether oxygens (including phenoxy) is 2. The molecule has 0 aromatic carbocycles. The highest BCUT2D eigenvalue weighted by Gasteiger charge is 2.59. The number of hydrogen-bond donors (Lipinski definition) is 0. The van der Waals surface area contributed by atoms with Crippen LogP contribution in [0.3, 0.4) is 0 Å². The van der Waals surface area contributed by atoms with Gasteiger partial charge in [-0.15, -0.1) is 0 Å². The molecule has 0 N–H and O–H groups in total. The number of esters is 1. The Balaban J connectivity index is 1.74. The molecule has 0 spiro atoms. The molecule has 0 saturated heterocycles. The Hall–Kier alpha value is -1.58. The lowest BCUT2D eigenvalue weighted by Gasteiger charge is -2.58. The summed E-state index contributed by atoms with van der Waals surface area (Å²) in [4.78, 5) is 12.2. The maximum atomic E-state index is 15.2. The number of fused-ring (bicyclic) bond motifs is 5. The smallest absolute Gasteiger partial charge is 0.367 e. The third-order valence-electron chi connectivity index (χ3n) is 9.29. The maximum absolute atomic E-state index is 15.2. The molecular formula is C27H39FO3. The maximum Gasteiger partial charge on any atom is 0.367 e. The van der Waals surface area contributed by atoms with Gasteiger partial charge in [0.25, 0.3) is 0 Å². The first-order valence-corrected chi connectivity index (χ1v) is 12.3. The molecule has 2 saturated carbocycles. The van der Waals surface area contributed by atoms with E-state index in [1.807, 2.05) is 0 Å². The van der Waals surface area contributed by atoms with Crippen LogP contribution in [0.4, 0.5) is 4.39 Å². The van der Waals surface area contributed by atoms with Crippen molar-refractivity contribution in [2.45, 2.75) is 79.1 Å². The van der Waals surface area contributed by atoms with Gasteiger partial charge in [-0.1, -0.05) is 33.3 Å². The second kappa shape index (κ2) is 8.41. The van der Waals surface area contributed by atoms with Crippen LogP contribution in [0.25, 0.3) is 0 Å². The molecule has 0 bridgehead atoms. The van der Waals surface area contributed by atoms with Crippen molar-refractivity contribution in [2.24, 2.45) is 34.5 Å². The van der Waals surface area contributed by atoms with Crippen molar-refractivity contribution < 1.29 is 18.7 Å². The number of carbonyl (C=O) groups excluding carboxylic acids is 1. The van der Waals surface area contributed by atoms with Crippen LogP contribution in [-0.4, -0.2) is 19.7 Å². The minimum absolute atomic E-state index is 0.171. The summed E-state index contributed by atoms with van der Waals surface area (Å²) in [6.07, 6.45) is 13.0. The third-order valence-corrected chi connectivity index (χ3v) is 9.29. The molecule has 0 aromatic heterocycles. The average Bonchev–Trinajstić information content (AvgIpc) is 3.10. The van der Waals surface area contributed by atoms with Crippen LogP contribution in [0.2, 0.25) is 0 Å². The molecule has 6 atom stereocenters. The summed E-state index contributed by atoms with van der Waals surface area (Å²) in [5.41, 5.74) is 2.14. The molecule has 4 aliphatic carbocycles. The molecule has 0 amide bonds. The fraction of sp³-hybridized carbons (Fsp3) is 0.741. The lowest BCUT2D eigenvalue weighted by Crippen LogP contribution is -2.51. The predicted octanol–water partition coefficient (Wildman–Crippen LogP) is 6.90. The minimum Gasteiger partial charge on any atom is -0.501 e. The lowest BCUT2D eigenvalue weighted by molar-refractivity contribution is -0.140. The molecule has 2 fully saturated rings. The molecule has 3 nitrogen and oxygen atoms in total. The Morgan fingerprint density at radius 3 is 2.55 bits per heavy atom. The van der Waals surface area contributed by atoms with Crippen molar-refractivity contribution in [3.05, 3.63) is 34.9 Å². The zero-order valence-corrected chi connectivity index (χ0v) is 19.9. The average molecular weight is 431 g/mol. The summed E-state index contributed by atoms with van der Waals surface area (Å²) in [6.45, 7) is 8.89. The first kappa shape index (κ1) is 22.6. The highest BCUT2D eigenvalue weighted by atomic mass is 19.1. The second-order valence-corrected chi connectivity index (χ2v) is 10.6. The van der Waals surface area contributed by atoms with E-state index in [4.69, 9.17) is 9.47 Å². The number of rotatable bonds is 5. The zero-order chi connectivity index (χ0) is 22.4. The quantitative estimate of drug-likeness (QED) is 0.351. The molecule has 0 radical (unpaired) electrons. The van der Waals surface area contributed by atoms with E-state index < -0.39 is 11.8 Å². The summed E-state index contributed by atoms with van der Waals surface area (Å²) in [6, 6.07) is 0. The predicted molar refractivity (Wildman–Crippen MR) is 121 cm³/mol. The monoisotopic (exact) mass is 430 g/mol. The Labute approximate surface area is 187 Å². The van der Waals surface area contributed by atoms with Crippen LogP contribution < -0.4 is 0 Å². The van der Waals surface area contributed by atoms with E-state index in [0.717, 1.165) is 49.9 Å². The Morgan fingerprint density at radius 2 is 1.87 bits per heavy atom. The highest BCUT2D eigenvalue weighted by Crippen LogP contribution is 2.67. The van der Waals surface area contributed by atoms with E-state index in [-0.39, 0.29) is 17.4 Å². The number of carbonyl (C=O) groups is 1. The normalized spacial score (nSPS) is 40.7. The Kier molecular flexibility index (Phi) is 6.13. The van der Waals surface area contributed by atoms with Crippen LogP contribution in [0, 0.1) is 34.5 Å². The molecular weight excluding hydrogens is 391 g/mol. The van der Waals surface area contributed by atoms with Crippen molar-refractivity contribution in [3.8, 4) is 0 Å². The molecule has 4 heteroatoms. The van der Waals surface area contributed by atoms with Gasteiger partial charge in [0.2, 0.25) is 5.83 Å². The van der Waals surface area contributed by atoms with Crippen LogP contribution >= 0.6 is 0 Å². The molecule has 0 aromatic rings. The van der Waals surface area contributed by atoms with Gasteiger partial charge in [-0.2, -0.15) is 4.39 Å². The summed E-state index contributed by atoms with van der Waals surface area (Å²) in [5, 5.41) is 0. The highest BCUT2D eigenvalue weighted by molar-refractivity contribution is 5.87. The van der Waals surface area contributed by atoms with Crippen LogP contribution in [-0.2, 0) is 14.3 Å². The second-order valence-electron chi connectivity index (χ2n) is 10.6. The topological polar surface area (TPSA) is 35.5 Å². The van der Waals surface area contributed by atoms with Gasteiger partial charge >= 0.3 is 5.97 Å². The zero-order valence-electron chi connectivity index (χ0n) is 19.9. The van der Waals surface area contributed by atoms with Gasteiger partial charge < -0.3 is 9.47 Å². The van der Waals surface area contributed by atoms with E-state index in [1.54, 1.807) is 14.0 Å². The van der Waals surface area contributed by atoms with Crippen LogP contribution in [0.15, 0.2) is 34.9 Å². The summed E-state index contributed by atoms with van der Waals surface area (Å²) in [7, 11) is 1.78. The van der Waals surface area contributed by atoms with Gasteiger partial charge in [0.1, 0.15) is 0 Å². The van der Waals surface area contributed by atoms with E-state index in [9.17, 15) is 4.79 Å². The molecule has 4 aliphatic rings. The van der Waals surface area contributed by atoms with Crippen molar-refractivity contribution >= 4 is 5.97 Å². The summed E-state index contributed by atoms with van der Waals surface area (Å²) in [5.74, 6) is 1.83. The summed E-state index contributed by atoms with van der Waals surface area (Å²) < 4.78 is 25.8. The van der Waals surface area contributed by atoms with Gasteiger partial charge in [0.05, 0.1) is 19.5 Å². The van der Waals surface area contributed by atoms with Crippen molar-refractivity contribution in [3.63, 3.8) is 0 Å². The number of halogens is 1. The van der Waals surface area contributed by atoms with Gasteiger partial charge in [-0.25, -0.2) is 4.79 Å². The van der Waals surface area contributed by atoms with Gasteiger partial charge in [-0.05, 0) is 97.2 Å². The van der Waals surface area contributed by atoms with Gasteiger partial charge in [0.15, 0.2) is 0 Å². The Bertz CT molecular complexity index is 824. The first-order valence-electron chi connectivity index (χ1n) is 12.3. The molecule has 172 valence electrons. The van der Waals surface area contributed by atoms with E-state index in [1.165, 1.54) is 12.0 Å².